The Bertz CT molecular complexity index is 242. The molecule has 0 heterocycles. The number of likely N-dealkylation sites (N-methyl/N-ethyl adjacent to an activating group) is 1. The van der Waals surface area contributed by atoms with Crippen molar-refractivity contribution in [1.82, 2.24) is 0 Å². The van der Waals surface area contributed by atoms with Crippen LogP contribution >= 0.6 is 0 Å². The fraction of sp³-hybridized carbons (Fsp3) is 0.750. The van der Waals surface area contributed by atoms with Crippen LogP contribution in [0.3, 0.4) is 0 Å². The van der Waals surface area contributed by atoms with E-state index in [9.17, 15) is 4.79 Å². The number of esters is 1. The Hall–Kier alpha value is -0.390. The van der Waals surface area contributed by atoms with Crippen LogP contribution in [-0.4, -0.2) is 57.5 Å². The third-order valence-electron chi connectivity index (χ3n) is 2.51. The van der Waals surface area contributed by atoms with Gasteiger partial charge in [-0.05, 0) is 13.8 Å². The smallest absolute Gasteiger partial charge is 0.333 e. The van der Waals surface area contributed by atoms with E-state index in [0.717, 1.165) is 17.6 Å². The second-order valence-corrected chi connectivity index (χ2v) is 4.50. The number of carbonyl (C=O) groups is 1. The van der Waals surface area contributed by atoms with E-state index in [-0.39, 0.29) is 23.0 Å². The van der Waals surface area contributed by atoms with Gasteiger partial charge in [0.15, 0.2) is 0 Å². The summed E-state index contributed by atoms with van der Waals surface area (Å²) in [5.41, 5.74) is 0.420. The minimum Gasteiger partial charge on any atom is -1.00 e. The summed E-state index contributed by atoms with van der Waals surface area (Å²) in [6.07, 6.45) is 0. The van der Waals surface area contributed by atoms with Crippen molar-refractivity contribution in [3.05, 3.63) is 12.2 Å². The first kappa shape index (κ1) is 19.0. The Morgan fingerprint density at radius 3 is 2.29 bits per heavy atom. The molecule has 0 aromatic heterocycles. The average Bonchev–Trinajstić information content (AvgIpc) is 2.22. The van der Waals surface area contributed by atoms with Gasteiger partial charge in [-0.15, -0.1) is 0 Å². The molecule has 0 saturated carbocycles. The Morgan fingerprint density at radius 1 is 1.24 bits per heavy atom. The number of nitrogens with zero attached hydrogens (tertiary/aromatic N) is 1. The molecular formula is C12H24BrNO3. The molecule has 0 fully saturated rings. The number of hydrogen-bond acceptors (Lipinski definition) is 3. The molecule has 0 spiro atoms. The van der Waals surface area contributed by atoms with Crippen molar-refractivity contribution in [3.63, 3.8) is 0 Å². The molecule has 0 aromatic carbocycles. The molecule has 0 N–H and O–H groups in total. The van der Waals surface area contributed by atoms with Gasteiger partial charge in [-0.3, -0.25) is 0 Å². The first-order chi connectivity index (χ1) is 7.39. The number of carbonyl (C=O) groups excluding carboxylic acids is 1. The number of quaternary nitrogens is 1. The summed E-state index contributed by atoms with van der Waals surface area (Å²) in [4.78, 5) is 11.0. The minimum atomic E-state index is -0.353. The van der Waals surface area contributed by atoms with E-state index in [2.05, 4.69) is 27.6 Å². The van der Waals surface area contributed by atoms with E-state index in [0.29, 0.717) is 25.4 Å². The van der Waals surface area contributed by atoms with Crippen LogP contribution < -0.4 is 17.0 Å². The maximum absolute atomic E-state index is 11.0. The third kappa shape index (κ3) is 10.5. The van der Waals surface area contributed by atoms with Crippen LogP contribution in [0.25, 0.3) is 0 Å². The zero-order valence-corrected chi connectivity index (χ0v) is 12.9. The quantitative estimate of drug-likeness (QED) is 0.230. The van der Waals surface area contributed by atoms with Crippen LogP contribution in [0, 0.1) is 0 Å². The zero-order valence-electron chi connectivity index (χ0n) is 11.3. The number of ether oxygens (including phenoxy) is 2. The van der Waals surface area contributed by atoms with Gasteiger partial charge < -0.3 is 30.9 Å². The summed E-state index contributed by atoms with van der Waals surface area (Å²) in [7, 11) is 4.31. The molecule has 102 valence electrons. The van der Waals surface area contributed by atoms with Gasteiger partial charge in [0.2, 0.25) is 0 Å². The Balaban J connectivity index is 0. The minimum absolute atomic E-state index is 0. The first-order valence-electron chi connectivity index (χ1n) is 5.61. The van der Waals surface area contributed by atoms with Crippen molar-refractivity contribution in [2.75, 3.05) is 47.0 Å². The lowest BCUT2D eigenvalue weighted by atomic mass is 10.4. The summed E-state index contributed by atoms with van der Waals surface area (Å²) < 4.78 is 11.2. The molecule has 17 heavy (non-hydrogen) atoms. The lowest BCUT2D eigenvalue weighted by molar-refractivity contribution is -0.888. The molecule has 0 amide bonds. The van der Waals surface area contributed by atoms with Crippen molar-refractivity contribution in [1.29, 1.82) is 0 Å². The molecule has 0 aliphatic heterocycles. The monoisotopic (exact) mass is 309 g/mol. The SMILES string of the molecule is C=C(C)C(=O)OCCOCC[N+](C)(C)CC.[Br-]. The van der Waals surface area contributed by atoms with E-state index in [1.807, 2.05) is 0 Å². The van der Waals surface area contributed by atoms with Gasteiger partial charge in [0.1, 0.15) is 13.2 Å². The zero-order chi connectivity index (χ0) is 12.6. The van der Waals surface area contributed by atoms with Gasteiger partial charge in [-0.1, -0.05) is 6.58 Å². The fourth-order valence-corrected chi connectivity index (χ4v) is 0.888. The topological polar surface area (TPSA) is 35.5 Å². The molecule has 0 aliphatic carbocycles. The molecule has 0 bridgehead atoms. The molecule has 0 saturated heterocycles. The highest BCUT2D eigenvalue weighted by atomic mass is 79.9. The van der Waals surface area contributed by atoms with E-state index in [1.165, 1.54) is 0 Å². The van der Waals surface area contributed by atoms with Gasteiger partial charge in [-0.2, -0.15) is 0 Å². The van der Waals surface area contributed by atoms with E-state index in [4.69, 9.17) is 9.47 Å². The van der Waals surface area contributed by atoms with Crippen molar-refractivity contribution in [2.24, 2.45) is 0 Å². The molecule has 0 rings (SSSR count). The largest absolute Gasteiger partial charge is 1.00 e. The maximum atomic E-state index is 11.0. The first-order valence-corrected chi connectivity index (χ1v) is 5.61. The predicted molar refractivity (Wildman–Crippen MR) is 64.1 cm³/mol. The van der Waals surface area contributed by atoms with Crippen molar-refractivity contribution >= 4 is 5.97 Å². The second-order valence-electron chi connectivity index (χ2n) is 4.50. The summed E-state index contributed by atoms with van der Waals surface area (Å²) in [5, 5.41) is 0. The number of rotatable bonds is 8. The highest BCUT2D eigenvalue weighted by Gasteiger charge is 2.10. The average molecular weight is 310 g/mol. The summed E-state index contributed by atoms with van der Waals surface area (Å²) in [6.45, 7) is 10.7. The maximum Gasteiger partial charge on any atom is 0.333 e. The normalized spacial score (nSPS) is 10.6. The number of hydrogen-bond donors (Lipinski definition) is 0. The second kappa shape index (κ2) is 9.62. The Morgan fingerprint density at radius 2 is 1.82 bits per heavy atom. The highest BCUT2D eigenvalue weighted by Crippen LogP contribution is 1.95. The molecule has 0 aromatic rings. The predicted octanol–water partition coefficient (Wildman–Crippen LogP) is -1.78. The highest BCUT2D eigenvalue weighted by molar-refractivity contribution is 5.86. The van der Waals surface area contributed by atoms with Crippen LogP contribution in [0.15, 0.2) is 12.2 Å². The lowest BCUT2D eigenvalue weighted by Gasteiger charge is -2.27. The fourth-order valence-electron chi connectivity index (χ4n) is 0.888. The van der Waals surface area contributed by atoms with Crippen LogP contribution in [0.5, 0.6) is 0 Å². The van der Waals surface area contributed by atoms with Crippen molar-refractivity contribution in [2.45, 2.75) is 13.8 Å². The summed E-state index contributed by atoms with van der Waals surface area (Å²) in [6, 6.07) is 0. The van der Waals surface area contributed by atoms with E-state index < -0.39 is 0 Å². The molecule has 0 aliphatic rings. The van der Waals surface area contributed by atoms with E-state index >= 15 is 0 Å². The van der Waals surface area contributed by atoms with Gasteiger partial charge in [0, 0.05) is 5.57 Å². The Kier molecular flexibility index (Phi) is 10.7. The van der Waals surface area contributed by atoms with Crippen LogP contribution in [0.2, 0.25) is 0 Å². The van der Waals surface area contributed by atoms with Gasteiger partial charge in [0.05, 0.1) is 33.9 Å². The van der Waals surface area contributed by atoms with Gasteiger partial charge in [0.25, 0.3) is 0 Å². The summed E-state index contributed by atoms with van der Waals surface area (Å²) >= 11 is 0. The molecule has 0 radical (unpaired) electrons. The Labute approximate surface area is 115 Å². The van der Waals surface area contributed by atoms with Crippen LogP contribution in [0.4, 0.5) is 0 Å². The van der Waals surface area contributed by atoms with Crippen molar-refractivity contribution in [3.8, 4) is 0 Å². The molecule has 4 nitrogen and oxygen atoms in total. The lowest BCUT2D eigenvalue weighted by Crippen LogP contribution is -3.00. The molecule has 0 atom stereocenters. The number of halogens is 1. The molecular weight excluding hydrogens is 286 g/mol. The van der Waals surface area contributed by atoms with Gasteiger partial charge in [-0.25, -0.2) is 4.79 Å². The van der Waals surface area contributed by atoms with Gasteiger partial charge >= 0.3 is 5.97 Å². The summed E-state index contributed by atoms with van der Waals surface area (Å²) in [5.74, 6) is -0.353. The van der Waals surface area contributed by atoms with E-state index in [1.54, 1.807) is 6.92 Å². The van der Waals surface area contributed by atoms with Crippen molar-refractivity contribution < 1.29 is 35.7 Å². The standard InChI is InChI=1S/C12H24NO3.BrH/c1-6-13(4,5)7-8-15-9-10-16-12(14)11(2)3;/h2,6-10H2,1,3-5H3;1H/q+1;/p-1. The molecule has 5 heteroatoms. The molecule has 0 unspecified atom stereocenters. The van der Waals surface area contributed by atoms with Crippen LogP contribution in [0.1, 0.15) is 13.8 Å². The van der Waals surface area contributed by atoms with Crippen LogP contribution in [-0.2, 0) is 14.3 Å². The third-order valence-corrected chi connectivity index (χ3v) is 2.51.